The van der Waals surface area contributed by atoms with Gasteiger partial charge < -0.3 is 20.2 Å². The number of H-pyrrole nitrogens is 1. The molecule has 7 nitrogen and oxygen atoms in total. The number of hydrogen-bond donors (Lipinski definition) is 2. The van der Waals surface area contributed by atoms with Gasteiger partial charge in [-0.1, -0.05) is 0 Å². The molecular formula is C20H21N5O2. The van der Waals surface area contributed by atoms with Crippen LogP contribution in [-0.4, -0.2) is 37.8 Å². The summed E-state index contributed by atoms with van der Waals surface area (Å²) in [6, 6.07) is 5.92. The van der Waals surface area contributed by atoms with Crippen LogP contribution in [0.4, 0.5) is 0 Å². The van der Waals surface area contributed by atoms with Crippen LogP contribution >= 0.6 is 0 Å². The number of aryl methyl sites for hydroxylation is 2. The molecular weight excluding hydrogens is 342 g/mol. The molecule has 7 heteroatoms. The fourth-order valence-corrected chi connectivity index (χ4v) is 4.35. The van der Waals surface area contributed by atoms with Crippen molar-refractivity contribution in [2.24, 2.45) is 5.73 Å². The highest BCUT2D eigenvalue weighted by Crippen LogP contribution is 2.30. The standard InChI is InChI=1S/C20H21N5O2/c21-19(26)17-10-22-18-11-24(7-8-25(17)18)20(27)12-5-6-16-14(9-12)13-3-1-2-4-15(13)23-16/h5-6,9-10,23H,1-4,7-8,11H2,(H2,21,26). The van der Waals surface area contributed by atoms with E-state index in [-0.39, 0.29) is 5.91 Å². The minimum atomic E-state index is -0.490. The molecule has 0 bridgehead atoms. The van der Waals surface area contributed by atoms with Crippen molar-refractivity contribution in [1.82, 2.24) is 19.4 Å². The smallest absolute Gasteiger partial charge is 0.266 e. The van der Waals surface area contributed by atoms with Gasteiger partial charge in [0, 0.05) is 35.2 Å². The molecule has 3 aromatic rings. The Morgan fingerprint density at radius 1 is 1.15 bits per heavy atom. The second-order valence-electron chi connectivity index (χ2n) is 7.35. The minimum absolute atomic E-state index is 0.00228. The molecule has 0 fully saturated rings. The summed E-state index contributed by atoms with van der Waals surface area (Å²) in [6.07, 6.45) is 6.08. The molecule has 3 heterocycles. The van der Waals surface area contributed by atoms with Crippen LogP contribution in [0.15, 0.2) is 24.4 Å². The second-order valence-corrected chi connectivity index (χ2v) is 7.35. The molecule has 1 aromatic carbocycles. The molecule has 1 aliphatic heterocycles. The van der Waals surface area contributed by atoms with Crippen LogP contribution in [0.25, 0.3) is 10.9 Å². The molecule has 2 aromatic heterocycles. The summed E-state index contributed by atoms with van der Waals surface area (Å²) in [6.45, 7) is 1.45. The lowest BCUT2D eigenvalue weighted by atomic mass is 9.95. The first-order valence-corrected chi connectivity index (χ1v) is 9.39. The third-order valence-corrected chi connectivity index (χ3v) is 5.75. The van der Waals surface area contributed by atoms with Gasteiger partial charge in [0.05, 0.1) is 12.7 Å². The van der Waals surface area contributed by atoms with Crippen LogP contribution in [0.1, 0.15) is 50.8 Å². The van der Waals surface area contributed by atoms with Crippen LogP contribution < -0.4 is 5.73 Å². The number of hydrogen-bond acceptors (Lipinski definition) is 3. The predicted molar refractivity (Wildman–Crippen MR) is 100 cm³/mol. The van der Waals surface area contributed by atoms with Gasteiger partial charge >= 0.3 is 0 Å². The first kappa shape index (κ1) is 16.1. The van der Waals surface area contributed by atoms with Crippen molar-refractivity contribution >= 4 is 22.7 Å². The summed E-state index contributed by atoms with van der Waals surface area (Å²) in [5.41, 5.74) is 10.3. The summed E-state index contributed by atoms with van der Waals surface area (Å²) >= 11 is 0. The first-order chi connectivity index (χ1) is 13.1. The maximum absolute atomic E-state index is 13.1. The summed E-state index contributed by atoms with van der Waals surface area (Å²) in [5, 5.41) is 1.17. The van der Waals surface area contributed by atoms with E-state index < -0.39 is 5.91 Å². The number of primary amides is 1. The molecule has 138 valence electrons. The highest BCUT2D eigenvalue weighted by Gasteiger charge is 2.26. The number of nitrogens with two attached hydrogens (primary N) is 1. The van der Waals surface area contributed by atoms with Gasteiger partial charge in [-0.25, -0.2) is 4.98 Å². The Balaban J connectivity index is 1.44. The van der Waals surface area contributed by atoms with Gasteiger partial charge in [-0.3, -0.25) is 9.59 Å². The molecule has 2 amide bonds. The van der Waals surface area contributed by atoms with Gasteiger partial charge in [-0.2, -0.15) is 0 Å². The maximum atomic E-state index is 13.1. The second kappa shape index (κ2) is 5.97. The van der Waals surface area contributed by atoms with Crippen LogP contribution in [0.2, 0.25) is 0 Å². The fourth-order valence-electron chi connectivity index (χ4n) is 4.35. The monoisotopic (exact) mass is 363 g/mol. The molecule has 5 rings (SSSR count). The Morgan fingerprint density at radius 3 is 2.85 bits per heavy atom. The summed E-state index contributed by atoms with van der Waals surface area (Å²) in [5.74, 6) is 0.206. The molecule has 27 heavy (non-hydrogen) atoms. The van der Waals surface area contributed by atoms with Crippen molar-refractivity contribution < 1.29 is 9.59 Å². The Kier molecular flexibility index (Phi) is 3.56. The van der Waals surface area contributed by atoms with Crippen molar-refractivity contribution in [2.75, 3.05) is 6.54 Å². The number of amides is 2. The quantitative estimate of drug-likeness (QED) is 0.729. The summed E-state index contributed by atoms with van der Waals surface area (Å²) in [4.78, 5) is 34.1. The average Bonchev–Trinajstić information content (AvgIpc) is 3.27. The van der Waals surface area contributed by atoms with Crippen molar-refractivity contribution in [3.8, 4) is 0 Å². The summed E-state index contributed by atoms with van der Waals surface area (Å²) in [7, 11) is 0. The maximum Gasteiger partial charge on any atom is 0.266 e. The largest absolute Gasteiger partial charge is 0.364 e. The van der Waals surface area contributed by atoms with Gasteiger partial charge in [-0.15, -0.1) is 0 Å². The molecule has 0 atom stereocenters. The van der Waals surface area contributed by atoms with E-state index in [0.717, 1.165) is 18.4 Å². The lowest BCUT2D eigenvalue weighted by molar-refractivity contribution is 0.0706. The molecule has 2 aliphatic rings. The van der Waals surface area contributed by atoms with Crippen molar-refractivity contribution in [2.45, 2.75) is 38.8 Å². The van der Waals surface area contributed by atoms with E-state index in [9.17, 15) is 9.59 Å². The number of fused-ring (bicyclic) bond motifs is 4. The molecule has 0 unspecified atom stereocenters. The SMILES string of the molecule is NC(=O)c1cnc2n1CCN(C(=O)c1ccc3[nH]c4c(c3c1)CCCC4)C2. The molecule has 3 N–H and O–H groups in total. The normalized spacial score (nSPS) is 16.2. The van der Waals surface area contributed by atoms with E-state index >= 15 is 0 Å². The van der Waals surface area contributed by atoms with Gasteiger partial charge in [-0.05, 0) is 49.4 Å². The number of nitrogens with zero attached hydrogens (tertiary/aromatic N) is 3. The molecule has 1 aliphatic carbocycles. The van der Waals surface area contributed by atoms with E-state index in [4.69, 9.17) is 5.73 Å². The van der Waals surface area contributed by atoms with Crippen molar-refractivity contribution in [3.63, 3.8) is 0 Å². The fraction of sp³-hybridized carbons (Fsp3) is 0.350. The Bertz CT molecular complexity index is 1080. The number of benzene rings is 1. The highest BCUT2D eigenvalue weighted by atomic mass is 16.2. The minimum Gasteiger partial charge on any atom is -0.364 e. The van der Waals surface area contributed by atoms with Gasteiger partial charge in [0.25, 0.3) is 11.8 Å². The number of carbonyl (C=O) groups excluding carboxylic acids is 2. The van der Waals surface area contributed by atoms with Crippen molar-refractivity contribution in [3.05, 3.63) is 52.7 Å². The first-order valence-electron chi connectivity index (χ1n) is 9.39. The van der Waals surface area contributed by atoms with Crippen LogP contribution in [-0.2, 0) is 25.9 Å². The van der Waals surface area contributed by atoms with Gasteiger partial charge in [0.2, 0.25) is 0 Å². The topological polar surface area (TPSA) is 97.0 Å². The lowest BCUT2D eigenvalue weighted by Crippen LogP contribution is -2.39. The van der Waals surface area contributed by atoms with E-state index in [1.807, 2.05) is 18.2 Å². The van der Waals surface area contributed by atoms with Crippen LogP contribution in [0, 0.1) is 0 Å². The number of aromatic amines is 1. The molecule has 0 radical (unpaired) electrons. The van der Waals surface area contributed by atoms with Gasteiger partial charge in [0.15, 0.2) is 0 Å². The highest BCUT2D eigenvalue weighted by molar-refractivity contribution is 5.99. The van der Waals surface area contributed by atoms with Gasteiger partial charge in [0.1, 0.15) is 11.5 Å². The Morgan fingerprint density at radius 2 is 2.00 bits per heavy atom. The lowest BCUT2D eigenvalue weighted by Gasteiger charge is -2.28. The number of nitrogens with one attached hydrogen (secondary N) is 1. The Labute approximate surface area is 156 Å². The number of imidazole rings is 1. The van der Waals surface area contributed by atoms with Crippen LogP contribution in [0.3, 0.4) is 0 Å². The molecule has 0 saturated carbocycles. The predicted octanol–water partition coefficient (Wildman–Crippen LogP) is 2.00. The average molecular weight is 363 g/mol. The summed E-state index contributed by atoms with van der Waals surface area (Å²) < 4.78 is 1.80. The zero-order valence-electron chi connectivity index (χ0n) is 15.0. The number of rotatable bonds is 2. The molecule has 0 spiro atoms. The van der Waals surface area contributed by atoms with Crippen molar-refractivity contribution in [1.29, 1.82) is 0 Å². The zero-order valence-corrected chi connectivity index (χ0v) is 15.0. The van der Waals surface area contributed by atoms with E-state index in [1.54, 1.807) is 9.47 Å². The third-order valence-electron chi connectivity index (χ3n) is 5.75. The number of aromatic nitrogens is 3. The molecule has 0 saturated heterocycles. The van der Waals surface area contributed by atoms with E-state index in [0.29, 0.717) is 36.7 Å². The van der Waals surface area contributed by atoms with E-state index in [2.05, 4.69) is 9.97 Å². The van der Waals surface area contributed by atoms with Crippen LogP contribution in [0.5, 0.6) is 0 Å². The number of carbonyl (C=O) groups is 2. The Hall–Kier alpha value is -3.09. The third kappa shape index (κ3) is 2.53. The van der Waals surface area contributed by atoms with E-state index in [1.165, 1.54) is 35.7 Å². The zero-order chi connectivity index (χ0) is 18.5.